The van der Waals surface area contributed by atoms with E-state index in [2.05, 4.69) is 26.3 Å². The van der Waals surface area contributed by atoms with Crippen molar-refractivity contribution in [3.63, 3.8) is 0 Å². The highest BCUT2D eigenvalue weighted by Gasteiger charge is 2.44. The minimum Gasteiger partial charge on any atom is -0.382 e. The second-order valence-corrected chi connectivity index (χ2v) is 8.87. The molecular formula is C24H23N9O2. The van der Waals surface area contributed by atoms with E-state index in [1.165, 1.54) is 13.3 Å². The Kier molecular flexibility index (Phi) is 5.02. The molecule has 1 fully saturated rings. The first-order valence-corrected chi connectivity index (χ1v) is 11.0. The molecule has 0 unspecified atom stereocenters. The van der Waals surface area contributed by atoms with Crippen molar-refractivity contribution in [2.24, 2.45) is 0 Å². The molecule has 11 heteroatoms. The minimum atomic E-state index is -1.04. The Morgan fingerprint density at radius 2 is 2.03 bits per heavy atom. The number of nitriles is 1. The number of fused-ring (bicyclic) bond motifs is 1. The monoisotopic (exact) mass is 469 g/mol. The molecule has 3 N–H and O–H groups in total. The van der Waals surface area contributed by atoms with Crippen molar-refractivity contribution in [3.8, 4) is 28.5 Å². The van der Waals surface area contributed by atoms with Gasteiger partial charge in [0.2, 0.25) is 5.91 Å². The molecule has 11 nitrogen and oxygen atoms in total. The number of nitrogens with one attached hydrogen (secondary N) is 1. The molecule has 0 radical (unpaired) electrons. The smallest absolute Gasteiger partial charge is 0.252 e. The first kappa shape index (κ1) is 22.1. The Labute approximate surface area is 200 Å². The molecular weight excluding hydrogens is 446 g/mol. The van der Waals surface area contributed by atoms with Crippen LogP contribution in [-0.4, -0.2) is 60.1 Å². The lowest BCUT2D eigenvalue weighted by Crippen LogP contribution is -2.64. The highest BCUT2D eigenvalue weighted by atomic mass is 16.2. The molecule has 1 aliphatic heterocycles. The first-order valence-electron chi connectivity index (χ1n) is 11.0. The van der Waals surface area contributed by atoms with Crippen LogP contribution in [0.5, 0.6) is 0 Å². The third-order valence-corrected chi connectivity index (χ3v) is 6.47. The number of piperazine rings is 1. The van der Waals surface area contributed by atoms with Crippen LogP contribution in [0.2, 0.25) is 0 Å². The van der Waals surface area contributed by atoms with Gasteiger partial charge in [-0.3, -0.25) is 14.7 Å². The highest BCUT2D eigenvalue weighted by Crippen LogP contribution is 2.37. The van der Waals surface area contributed by atoms with Crippen LogP contribution in [-0.2, 0) is 9.59 Å². The summed E-state index contributed by atoms with van der Waals surface area (Å²) in [7, 11) is 0. The summed E-state index contributed by atoms with van der Waals surface area (Å²) >= 11 is 0. The number of nitrogen functional groups attached to an aromatic ring is 1. The Balaban J connectivity index is 1.66. The molecule has 0 atom stereocenters. The topological polar surface area (TPSA) is 149 Å². The van der Waals surface area contributed by atoms with Gasteiger partial charge in [0.05, 0.1) is 23.1 Å². The van der Waals surface area contributed by atoms with E-state index in [0.29, 0.717) is 34.8 Å². The quantitative estimate of drug-likeness (QED) is 0.467. The number of hydrogen-bond donors (Lipinski definition) is 2. The number of rotatable bonds is 3. The van der Waals surface area contributed by atoms with E-state index in [-0.39, 0.29) is 18.4 Å². The second kappa shape index (κ2) is 7.95. The van der Waals surface area contributed by atoms with Crippen LogP contribution < -0.4 is 10.6 Å². The van der Waals surface area contributed by atoms with Crippen molar-refractivity contribution < 1.29 is 9.59 Å². The van der Waals surface area contributed by atoms with Gasteiger partial charge in [0.25, 0.3) is 5.91 Å². The van der Waals surface area contributed by atoms with E-state index < -0.39 is 5.54 Å². The van der Waals surface area contributed by atoms with E-state index in [1.54, 1.807) is 52.7 Å². The van der Waals surface area contributed by atoms with Crippen LogP contribution in [0.15, 0.2) is 43.0 Å². The lowest BCUT2D eigenvalue weighted by Gasteiger charge is -2.45. The van der Waals surface area contributed by atoms with E-state index in [9.17, 15) is 14.9 Å². The average Bonchev–Trinajstić information content (AvgIpc) is 3.49. The molecule has 3 aromatic heterocycles. The number of H-pyrrole nitrogens is 1. The summed E-state index contributed by atoms with van der Waals surface area (Å²) in [5, 5.41) is 21.0. The van der Waals surface area contributed by atoms with Crippen LogP contribution in [0.25, 0.3) is 27.9 Å². The molecule has 4 heterocycles. The molecule has 0 saturated carbocycles. The molecule has 176 valence electrons. The van der Waals surface area contributed by atoms with Gasteiger partial charge >= 0.3 is 0 Å². The van der Waals surface area contributed by atoms with Crippen LogP contribution in [0.4, 0.5) is 11.5 Å². The Bertz CT molecular complexity index is 1510. The SMILES string of the molecule is CC(=O)N1CCN(c2cc(-c3cc(-c4cn[nH]c4)c4c(N)ncnn34)ccc2C#N)C(=O)C1(C)C. The summed E-state index contributed by atoms with van der Waals surface area (Å²) in [6.45, 7) is 5.54. The third kappa shape index (κ3) is 3.38. The number of carbonyl (C=O) groups is 2. The lowest BCUT2D eigenvalue weighted by atomic mass is 9.95. The van der Waals surface area contributed by atoms with Gasteiger partial charge in [-0.1, -0.05) is 6.07 Å². The first-order chi connectivity index (χ1) is 16.7. The summed E-state index contributed by atoms with van der Waals surface area (Å²) in [4.78, 5) is 32.8. The molecule has 35 heavy (non-hydrogen) atoms. The van der Waals surface area contributed by atoms with Gasteiger partial charge in [-0.25, -0.2) is 9.50 Å². The number of benzene rings is 1. The number of aromatic nitrogens is 5. The van der Waals surface area contributed by atoms with E-state index >= 15 is 0 Å². The molecule has 1 saturated heterocycles. The Hall–Kier alpha value is -4.72. The largest absolute Gasteiger partial charge is 0.382 e. The number of amides is 2. The summed E-state index contributed by atoms with van der Waals surface area (Å²) in [6.07, 6.45) is 4.82. The van der Waals surface area contributed by atoms with Crippen LogP contribution in [0.3, 0.4) is 0 Å². The molecule has 5 rings (SSSR count). The second-order valence-electron chi connectivity index (χ2n) is 8.87. The van der Waals surface area contributed by atoms with Crippen molar-refractivity contribution in [2.45, 2.75) is 26.3 Å². The van der Waals surface area contributed by atoms with Gasteiger partial charge in [0.15, 0.2) is 5.82 Å². The molecule has 1 aliphatic rings. The number of hydrogen-bond acceptors (Lipinski definition) is 7. The van der Waals surface area contributed by atoms with Gasteiger partial charge in [-0.2, -0.15) is 15.5 Å². The fourth-order valence-electron chi connectivity index (χ4n) is 4.71. The number of anilines is 2. The van der Waals surface area contributed by atoms with Crippen molar-refractivity contribution in [1.82, 2.24) is 29.7 Å². The zero-order valence-electron chi connectivity index (χ0n) is 19.5. The van der Waals surface area contributed by atoms with E-state index in [0.717, 1.165) is 16.7 Å². The molecule has 0 aliphatic carbocycles. The summed E-state index contributed by atoms with van der Waals surface area (Å²) < 4.78 is 1.69. The highest BCUT2D eigenvalue weighted by molar-refractivity contribution is 6.04. The van der Waals surface area contributed by atoms with Gasteiger partial charge in [-0.15, -0.1) is 0 Å². The number of carbonyl (C=O) groups excluding carboxylic acids is 2. The lowest BCUT2D eigenvalue weighted by molar-refractivity contribution is -0.145. The zero-order valence-corrected chi connectivity index (χ0v) is 19.5. The number of nitrogens with two attached hydrogens (primary N) is 1. The molecule has 1 aromatic carbocycles. The maximum Gasteiger partial charge on any atom is 0.252 e. The van der Waals surface area contributed by atoms with Crippen LogP contribution in [0, 0.1) is 11.3 Å². The molecule has 0 spiro atoms. The van der Waals surface area contributed by atoms with Gasteiger partial charge in [-0.05, 0) is 32.0 Å². The molecule has 0 bridgehead atoms. The summed E-state index contributed by atoms with van der Waals surface area (Å²) in [5.41, 5.74) is 9.70. The van der Waals surface area contributed by atoms with Crippen LogP contribution >= 0.6 is 0 Å². The Morgan fingerprint density at radius 1 is 1.23 bits per heavy atom. The zero-order chi connectivity index (χ0) is 24.9. The standard InChI is InChI=1S/C24H23N9O2/c1-14(34)32-7-6-31(23(35)24(32,2)3)19-8-15(4-5-16(19)10-25)20-9-18(17-11-28-29-12-17)21-22(26)27-13-30-33(20)21/h4-5,8-9,11-13H,6-7H2,1-3H3,(H,28,29)(H2,26,27,30). The maximum absolute atomic E-state index is 13.5. The molecule has 2 amide bonds. The van der Waals surface area contributed by atoms with Gasteiger partial charge < -0.3 is 15.5 Å². The van der Waals surface area contributed by atoms with Crippen molar-refractivity contribution in [3.05, 3.63) is 48.5 Å². The van der Waals surface area contributed by atoms with Gasteiger partial charge in [0.1, 0.15) is 23.5 Å². The van der Waals surface area contributed by atoms with Crippen molar-refractivity contribution in [1.29, 1.82) is 5.26 Å². The summed E-state index contributed by atoms with van der Waals surface area (Å²) in [5.74, 6) is -0.104. The number of aromatic amines is 1. The fraction of sp³-hybridized carbons (Fsp3) is 0.250. The normalized spacial score (nSPS) is 15.4. The van der Waals surface area contributed by atoms with Crippen LogP contribution in [0.1, 0.15) is 26.3 Å². The van der Waals surface area contributed by atoms with Gasteiger partial charge in [0, 0.05) is 42.9 Å². The predicted octanol–water partition coefficient (Wildman–Crippen LogP) is 2.21. The number of nitrogens with zero attached hydrogens (tertiary/aromatic N) is 7. The van der Waals surface area contributed by atoms with Crippen molar-refractivity contribution in [2.75, 3.05) is 23.7 Å². The minimum absolute atomic E-state index is 0.166. The Morgan fingerprint density at radius 3 is 2.71 bits per heavy atom. The predicted molar refractivity (Wildman–Crippen MR) is 129 cm³/mol. The average molecular weight is 470 g/mol. The van der Waals surface area contributed by atoms with Crippen molar-refractivity contribution >= 4 is 28.8 Å². The maximum atomic E-state index is 13.5. The fourth-order valence-corrected chi connectivity index (χ4v) is 4.71. The molecule has 4 aromatic rings. The third-order valence-electron chi connectivity index (χ3n) is 6.47. The van der Waals surface area contributed by atoms with E-state index in [1.807, 2.05) is 12.1 Å². The summed E-state index contributed by atoms with van der Waals surface area (Å²) in [6, 6.07) is 9.41. The van der Waals surface area contributed by atoms with E-state index in [4.69, 9.17) is 5.73 Å².